The summed E-state index contributed by atoms with van der Waals surface area (Å²) in [5, 5.41) is 15.1. The normalized spacial score (nSPS) is 23.1. The van der Waals surface area contributed by atoms with Crippen molar-refractivity contribution in [3.63, 3.8) is 0 Å². The SMILES string of the molecule is [2H][C@@]1(c2cc(F)ccc2Cl)NC(=O)c2cccc(NC(=O)N3C[C@@](O)(C(F)(F)F)c4cc(F)ccc43)c21. The Kier molecular flexibility index (Phi) is 5.16. The molecule has 6 nitrogen and oxygen atoms in total. The largest absolute Gasteiger partial charge is 0.423 e. The molecule has 0 radical (unpaired) electrons. The van der Waals surface area contributed by atoms with E-state index in [9.17, 15) is 36.6 Å². The van der Waals surface area contributed by atoms with Gasteiger partial charge in [-0.05, 0) is 48.5 Å². The fraction of sp³-hybridized carbons (Fsp3) is 0.167. The first-order chi connectivity index (χ1) is 17.3. The number of hydrogen-bond acceptors (Lipinski definition) is 3. The molecule has 2 atom stereocenters. The summed E-state index contributed by atoms with van der Waals surface area (Å²) in [6.45, 7) is -1.27. The number of halogens is 6. The molecule has 0 bridgehead atoms. The van der Waals surface area contributed by atoms with Crippen LogP contribution in [-0.4, -0.2) is 29.8 Å². The lowest BCUT2D eigenvalue weighted by atomic mass is 9.95. The van der Waals surface area contributed by atoms with Gasteiger partial charge in [-0.2, -0.15) is 13.2 Å². The van der Waals surface area contributed by atoms with Crippen molar-refractivity contribution in [2.45, 2.75) is 17.8 Å². The molecule has 3 aromatic carbocycles. The zero-order valence-electron chi connectivity index (χ0n) is 18.9. The third-order valence-corrected chi connectivity index (χ3v) is 6.36. The number of carbonyl (C=O) groups excluding carboxylic acids is 2. The maximum atomic E-state index is 14.0. The Hall–Kier alpha value is -3.70. The smallest absolute Gasteiger partial charge is 0.375 e. The van der Waals surface area contributed by atoms with Gasteiger partial charge in [0.05, 0.1) is 19.6 Å². The molecule has 2 aliphatic heterocycles. The fourth-order valence-corrected chi connectivity index (χ4v) is 4.54. The van der Waals surface area contributed by atoms with E-state index in [1.54, 1.807) is 0 Å². The van der Waals surface area contributed by atoms with E-state index in [0.717, 1.165) is 24.3 Å². The Morgan fingerprint density at radius 1 is 1.17 bits per heavy atom. The summed E-state index contributed by atoms with van der Waals surface area (Å²) in [5.41, 5.74) is -5.22. The molecule has 0 saturated carbocycles. The summed E-state index contributed by atoms with van der Waals surface area (Å²) >= 11 is 6.19. The van der Waals surface area contributed by atoms with Crippen LogP contribution < -0.4 is 15.5 Å². The van der Waals surface area contributed by atoms with Crippen molar-refractivity contribution in [1.82, 2.24) is 5.32 Å². The molecule has 3 aromatic rings. The van der Waals surface area contributed by atoms with Crippen molar-refractivity contribution >= 4 is 34.9 Å². The van der Waals surface area contributed by atoms with E-state index in [2.05, 4.69) is 10.6 Å². The number of alkyl halides is 3. The van der Waals surface area contributed by atoms with Crippen LogP contribution in [0.2, 0.25) is 5.02 Å². The van der Waals surface area contributed by atoms with Gasteiger partial charge in [0.1, 0.15) is 11.6 Å². The van der Waals surface area contributed by atoms with Crippen LogP contribution in [0.25, 0.3) is 0 Å². The van der Waals surface area contributed by atoms with Gasteiger partial charge in [0.15, 0.2) is 0 Å². The average molecular weight is 525 g/mol. The van der Waals surface area contributed by atoms with Crippen molar-refractivity contribution in [3.8, 4) is 0 Å². The molecular weight excluding hydrogens is 509 g/mol. The number of hydrogen-bond donors (Lipinski definition) is 3. The Bertz CT molecular complexity index is 1490. The predicted octanol–water partition coefficient (Wildman–Crippen LogP) is 5.25. The highest BCUT2D eigenvalue weighted by molar-refractivity contribution is 6.31. The molecule has 12 heteroatoms. The summed E-state index contributed by atoms with van der Waals surface area (Å²) in [7, 11) is 0. The minimum atomic E-state index is -5.24. The summed E-state index contributed by atoms with van der Waals surface area (Å²) in [4.78, 5) is 26.4. The third kappa shape index (κ3) is 3.66. The molecule has 2 heterocycles. The lowest BCUT2D eigenvalue weighted by Crippen LogP contribution is -2.48. The predicted molar refractivity (Wildman–Crippen MR) is 120 cm³/mol. The van der Waals surface area contributed by atoms with Crippen LogP contribution in [0.4, 0.5) is 38.1 Å². The van der Waals surface area contributed by atoms with E-state index < -0.39 is 53.5 Å². The standard InChI is InChI=1S/C24H15ClF5N3O3/c25-16-6-4-11(26)8-14(16)20-19-13(21(34)32-20)2-1-3-17(19)31-22(35)33-10-23(36,24(28,29)30)15-9-12(27)5-7-18(15)33/h1-9,20,36H,10H2,(H,31,35)(H,32,34)/t20-,23-/m0/s1/i20D. The second-order valence-corrected chi connectivity index (χ2v) is 8.62. The molecule has 0 aromatic heterocycles. The summed E-state index contributed by atoms with van der Waals surface area (Å²) in [6, 6.07) is 6.14. The number of nitrogens with zero attached hydrogens (tertiary/aromatic N) is 1. The lowest BCUT2D eigenvalue weighted by Gasteiger charge is -2.27. The van der Waals surface area contributed by atoms with Gasteiger partial charge in [0.2, 0.25) is 5.60 Å². The number of nitrogens with one attached hydrogen (secondary N) is 2. The first kappa shape index (κ1) is 22.7. The molecule has 2 aliphatic rings. The van der Waals surface area contributed by atoms with Crippen molar-refractivity contribution in [1.29, 1.82) is 0 Å². The summed E-state index contributed by atoms with van der Waals surface area (Å²) in [6.07, 6.45) is -5.24. The van der Waals surface area contributed by atoms with E-state index >= 15 is 0 Å². The average Bonchev–Trinajstić information content (AvgIpc) is 3.28. The molecule has 0 spiro atoms. The Morgan fingerprint density at radius 2 is 1.86 bits per heavy atom. The number of urea groups is 1. The minimum absolute atomic E-state index is 0.0520. The first-order valence-electron chi connectivity index (χ1n) is 10.9. The van der Waals surface area contributed by atoms with Crippen LogP contribution in [0.15, 0.2) is 54.6 Å². The zero-order chi connectivity index (χ0) is 26.9. The van der Waals surface area contributed by atoms with Crippen molar-refractivity contribution in [3.05, 3.63) is 93.5 Å². The van der Waals surface area contributed by atoms with Gasteiger partial charge in [-0.25, -0.2) is 13.6 Å². The Labute approximate surface area is 206 Å². The van der Waals surface area contributed by atoms with Crippen LogP contribution in [0.1, 0.15) is 34.4 Å². The monoisotopic (exact) mass is 524 g/mol. The maximum absolute atomic E-state index is 14.0. The van der Waals surface area contributed by atoms with Crippen LogP contribution in [0.3, 0.4) is 0 Å². The van der Waals surface area contributed by atoms with Gasteiger partial charge >= 0.3 is 12.2 Å². The number of amides is 3. The maximum Gasteiger partial charge on any atom is 0.423 e. The first-order valence-corrected chi connectivity index (χ1v) is 10.7. The molecule has 0 unspecified atom stereocenters. The van der Waals surface area contributed by atoms with Crippen molar-refractivity contribution in [2.24, 2.45) is 0 Å². The van der Waals surface area contributed by atoms with Gasteiger partial charge < -0.3 is 15.7 Å². The second kappa shape index (κ2) is 8.17. The topological polar surface area (TPSA) is 81.7 Å². The van der Waals surface area contributed by atoms with Gasteiger partial charge in [0.25, 0.3) is 5.91 Å². The number of fused-ring (bicyclic) bond motifs is 2. The molecule has 3 amide bonds. The van der Waals surface area contributed by atoms with E-state index in [-0.39, 0.29) is 33.1 Å². The number of rotatable bonds is 2. The van der Waals surface area contributed by atoms with Gasteiger partial charge in [-0.15, -0.1) is 0 Å². The van der Waals surface area contributed by atoms with Crippen LogP contribution >= 0.6 is 11.6 Å². The molecule has 186 valence electrons. The second-order valence-electron chi connectivity index (χ2n) is 8.22. The highest BCUT2D eigenvalue weighted by atomic mass is 35.5. The van der Waals surface area contributed by atoms with Gasteiger partial charge in [-0.1, -0.05) is 17.7 Å². The fourth-order valence-electron chi connectivity index (χ4n) is 4.33. The highest BCUT2D eigenvalue weighted by Crippen LogP contribution is 2.49. The van der Waals surface area contributed by atoms with Crippen LogP contribution in [0, 0.1) is 11.6 Å². The van der Waals surface area contributed by atoms with Gasteiger partial charge in [-0.3, -0.25) is 9.69 Å². The lowest BCUT2D eigenvalue weighted by molar-refractivity contribution is -0.258. The quantitative estimate of drug-likeness (QED) is 0.400. The highest BCUT2D eigenvalue weighted by Gasteiger charge is 2.61. The minimum Gasteiger partial charge on any atom is -0.375 e. The molecule has 0 fully saturated rings. The number of carbonyl (C=O) groups is 2. The van der Waals surface area contributed by atoms with Crippen molar-refractivity contribution in [2.75, 3.05) is 16.8 Å². The number of aliphatic hydroxyl groups is 1. The van der Waals surface area contributed by atoms with Crippen LogP contribution in [0.5, 0.6) is 0 Å². The molecule has 5 rings (SSSR count). The van der Waals surface area contributed by atoms with E-state index in [1.807, 2.05) is 0 Å². The van der Waals surface area contributed by atoms with Gasteiger partial charge in [0, 0.05) is 33.0 Å². The third-order valence-electron chi connectivity index (χ3n) is 6.03. The van der Waals surface area contributed by atoms with E-state index in [4.69, 9.17) is 13.0 Å². The number of benzene rings is 3. The molecule has 0 aliphatic carbocycles. The Morgan fingerprint density at radius 3 is 2.58 bits per heavy atom. The van der Waals surface area contributed by atoms with E-state index in [0.29, 0.717) is 11.0 Å². The summed E-state index contributed by atoms with van der Waals surface area (Å²) in [5.74, 6) is -2.52. The molecule has 0 saturated heterocycles. The number of anilines is 2. The molecule has 3 N–H and O–H groups in total. The molecule has 36 heavy (non-hydrogen) atoms. The van der Waals surface area contributed by atoms with Crippen molar-refractivity contribution < 1.29 is 38.0 Å². The zero-order valence-corrected chi connectivity index (χ0v) is 18.6. The van der Waals surface area contributed by atoms with Crippen LogP contribution in [-0.2, 0) is 5.60 Å². The number of β-amino-alcohol motifs (C(OH)–C–C–N with tert-alkyl or cyclic N) is 1. The Balaban J connectivity index is 1.58. The van der Waals surface area contributed by atoms with E-state index in [1.165, 1.54) is 24.3 Å². The summed E-state index contributed by atoms with van der Waals surface area (Å²) < 4.78 is 78.0. The molecular formula is C24H15ClF5N3O3.